The van der Waals surface area contributed by atoms with Gasteiger partial charge in [0.1, 0.15) is 0 Å². The predicted octanol–water partition coefficient (Wildman–Crippen LogP) is 0.671. The molecule has 0 aliphatic carbocycles. The minimum atomic E-state index is 0.172. The maximum Gasteiger partial charge on any atom is 0.0992 e. The lowest BCUT2D eigenvalue weighted by Crippen LogP contribution is -2.53. The fourth-order valence-electron chi connectivity index (χ4n) is 2.15. The molecule has 1 fully saturated rings. The number of rotatable bonds is 2. The summed E-state index contributed by atoms with van der Waals surface area (Å²) < 4.78 is 0. The monoisotopic (exact) mass is 231 g/mol. The molecular formula is C13H17N3O. The Hall–Kier alpha value is -1.57. The van der Waals surface area contributed by atoms with E-state index in [4.69, 9.17) is 5.26 Å². The van der Waals surface area contributed by atoms with E-state index >= 15 is 0 Å². The number of anilines is 1. The van der Waals surface area contributed by atoms with Gasteiger partial charge in [0.25, 0.3) is 0 Å². The highest BCUT2D eigenvalue weighted by molar-refractivity contribution is 5.52. The molecule has 1 saturated heterocycles. The summed E-state index contributed by atoms with van der Waals surface area (Å²) in [7, 11) is 2.03. The topological polar surface area (TPSA) is 50.5 Å². The number of aliphatic hydroxyl groups is 1. The molecule has 0 saturated carbocycles. The van der Waals surface area contributed by atoms with Gasteiger partial charge in [-0.05, 0) is 25.2 Å². The molecule has 0 bridgehead atoms. The molecule has 1 aromatic carbocycles. The summed E-state index contributed by atoms with van der Waals surface area (Å²) in [6.07, 6.45) is 0. The summed E-state index contributed by atoms with van der Waals surface area (Å²) >= 11 is 0. The van der Waals surface area contributed by atoms with Gasteiger partial charge in [0.2, 0.25) is 0 Å². The second-order valence-electron chi connectivity index (χ2n) is 4.43. The molecule has 0 spiro atoms. The van der Waals surface area contributed by atoms with Gasteiger partial charge in [-0.3, -0.25) is 4.90 Å². The van der Waals surface area contributed by atoms with Gasteiger partial charge in [-0.15, -0.1) is 0 Å². The maximum atomic E-state index is 9.31. The highest BCUT2D eigenvalue weighted by Gasteiger charge is 2.23. The van der Waals surface area contributed by atoms with Gasteiger partial charge < -0.3 is 10.0 Å². The van der Waals surface area contributed by atoms with Gasteiger partial charge in [0.15, 0.2) is 0 Å². The third-order valence-electron chi connectivity index (χ3n) is 3.33. The zero-order valence-corrected chi connectivity index (χ0v) is 10.0. The van der Waals surface area contributed by atoms with Gasteiger partial charge >= 0.3 is 0 Å². The highest BCUT2D eigenvalue weighted by atomic mass is 16.3. The number of nitriles is 1. The van der Waals surface area contributed by atoms with E-state index in [0.717, 1.165) is 25.3 Å². The van der Waals surface area contributed by atoms with Crippen molar-refractivity contribution in [2.24, 2.45) is 0 Å². The van der Waals surface area contributed by atoms with E-state index in [2.05, 4.69) is 15.9 Å². The zero-order valence-electron chi connectivity index (χ0n) is 10.0. The molecule has 90 valence electrons. The summed E-state index contributed by atoms with van der Waals surface area (Å²) in [5.74, 6) is 0. The predicted molar refractivity (Wildman–Crippen MR) is 66.9 cm³/mol. The van der Waals surface area contributed by atoms with Crippen LogP contribution < -0.4 is 4.90 Å². The molecule has 1 aliphatic rings. The van der Waals surface area contributed by atoms with E-state index in [1.165, 1.54) is 0 Å². The molecule has 1 aromatic rings. The molecule has 1 unspecified atom stereocenters. The van der Waals surface area contributed by atoms with Crippen LogP contribution in [-0.4, -0.2) is 49.3 Å². The van der Waals surface area contributed by atoms with Crippen LogP contribution in [0.5, 0.6) is 0 Å². The fourth-order valence-corrected chi connectivity index (χ4v) is 2.15. The Morgan fingerprint density at radius 2 is 2.29 bits per heavy atom. The summed E-state index contributed by atoms with van der Waals surface area (Å²) in [5.41, 5.74) is 1.75. The second kappa shape index (κ2) is 5.17. The standard InChI is InChI=1S/C13H17N3O/c1-15-5-6-16(9-13(15)10-17)12-4-2-3-11(7-12)8-14/h2-4,7,13,17H,5-6,9-10H2,1H3. The van der Waals surface area contributed by atoms with Crippen LogP contribution in [0, 0.1) is 11.3 Å². The number of likely N-dealkylation sites (N-methyl/N-ethyl adjacent to an activating group) is 1. The smallest absolute Gasteiger partial charge is 0.0992 e. The van der Waals surface area contributed by atoms with Crippen LogP contribution in [0.15, 0.2) is 24.3 Å². The lowest BCUT2D eigenvalue weighted by Gasteiger charge is -2.39. The lowest BCUT2D eigenvalue weighted by molar-refractivity contribution is 0.135. The van der Waals surface area contributed by atoms with Crippen molar-refractivity contribution in [2.75, 3.05) is 38.2 Å². The third-order valence-corrected chi connectivity index (χ3v) is 3.33. The Balaban J connectivity index is 2.15. The van der Waals surface area contributed by atoms with Crippen molar-refractivity contribution in [2.45, 2.75) is 6.04 Å². The third kappa shape index (κ3) is 2.57. The lowest BCUT2D eigenvalue weighted by atomic mass is 10.1. The minimum Gasteiger partial charge on any atom is -0.395 e. The molecule has 2 rings (SSSR count). The SMILES string of the molecule is CN1CCN(c2cccc(C#N)c2)CC1CO. The van der Waals surface area contributed by atoms with Crippen molar-refractivity contribution >= 4 is 5.69 Å². The zero-order chi connectivity index (χ0) is 12.3. The summed E-state index contributed by atoms with van der Waals surface area (Å²) in [6, 6.07) is 9.96. The number of piperazine rings is 1. The molecular weight excluding hydrogens is 214 g/mol. The molecule has 0 aromatic heterocycles. The Labute approximate surface area is 102 Å². The van der Waals surface area contributed by atoms with Crippen molar-refractivity contribution in [1.82, 2.24) is 4.90 Å². The maximum absolute atomic E-state index is 9.31. The summed E-state index contributed by atoms with van der Waals surface area (Å²) in [6.45, 7) is 2.84. The Morgan fingerprint density at radius 1 is 1.47 bits per heavy atom. The van der Waals surface area contributed by atoms with Crippen LogP contribution in [-0.2, 0) is 0 Å². The van der Waals surface area contributed by atoms with Crippen molar-refractivity contribution < 1.29 is 5.11 Å². The molecule has 0 radical (unpaired) electrons. The molecule has 17 heavy (non-hydrogen) atoms. The second-order valence-corrected chi connectivity index (χ2v) is 4.43. The molecule has 4 heteroatoms. The van der Waals surface area contributed by atoms with Crippen molar-refractivity contribution in [3.63, 3.8) is 0 Å². The molecule has 1 heterocycles. The molecule has 1 N–H and O–H groups in total. The molecule has 0 amide bonds. The van der Waals surface area contributed by atoms with Gasteiger partial charge in [-0.2, -0.15) is 5.26 Å². The first-order valence-electron chi connectivity index (χ1n) is 5.81. The van der Waals surface area contributed by atoms with Crippen LogP contribution in [0.2, 0.25) is 0 Å². The van der Waals surface area contributed by atoms with Crippen molar-refractivity contribution in [3.05, 3.63) is 29.8 Å². The van der Waals surface area contributed by atoms with Gasteiger partial charge in [-0.1, -0.05) is 6.07 Å². The minimum absolute atomic E-state index is 0.172. The van der Waals surface area contributed by atoms with Crippen LogP contribution in [0.4, 0.5) is 5.69 Å². The highest BCUT2D eigenvalue weighted by Crippen LogP contribution is 2.19. The normalized spacial score (nSPS) is 21.2. The van der Waals surface area contributed by atoms with E-state index < -0.39 is 0 Å². The first-order valence-corrected chi connectivity index (χ1v) is 5.81. The molecule has 1 atom stereocenters. The fraction of sp³-hybridized carbons (Fsp3) is 0.462. The van der Waals surface area contributed by atoms with Gasteiger partial charge in [0, 0.05) is 25.3 Å². The number of hydrogen-bond donors (Lipinski definition) is 1. The Kier molecular flexibility index (Phi) is 3.62. The quantitative estimate of drug-likeness (QED) is 0.813. The van der Waals surface area contributed by atoms with Crippen LogP contribution in [0.3, 0.4) is 0 Å². The average molecular weight is 231 g/mol. The van der Waals surface area contributed by atoms with E-state index in [1.54, 1.807) is 0 Å². The Morgan fingerprint density at radius 3 is 3.00 bits per heavy atom. The van der Waals surface area contributed by atoms with E-state index in [9.17, 15) is 5.11 Å². The average Bonchev–Trinajstić information content (AvgIpc) is 2.39. The van der Waals surface area contributed by atoms with E-state index in [-0.39, 0.29) is 12.6 Å². The largest absolute Gasteiger partial charge is 0.395 e. The number of nitrogens with zero attached hydrogens (tertiary/aromatic N) is 3. The Bertz CT molecular complexity index is 427. The molecule has 1 aliphatic heterocycles. The number of benzene rings is 1. The van der Waals surface area contributed by atoms with E-state index in [1.807, 2.05) is 31.3 Å². The van der Waals surface area contributed by atoms with Crippen molar-refractivity contribution in [1.29, 1.82) is 5.26 Å². The summed E-state index contributed by atoms with van der Waals surface area (Å²) in [4.78, 5) is 4.40. The van der Waals surface area contributed by atoms with Crippen LogP contribution in [0.25, 0.3) is 0 Å². The molecule has 4 nitrogen and oxygen atoms in total. The summed E-state index contributed by atoms with van der Waals surface area (Å²) in [5, 5.41) is 18.2. The number of aliphatic hydroxyl groups excluding tert-OH is 1. The van der Waals surface area contributed by atoms with Crippen LogP contribution >= 0.6 is 0 Å². The first kappa shape index (κ1) is 11.9. The number of hydrogen-bond acceptors (Lipinski definition) is 4. The van der Waals surface area contributed by atoms with Crippen LogP contribution in [0.1, 0.15) is 5.56 Å². The van der Waals surface area contributed by atoms with Crippen molar-refractivity contribution in [3.8, 4) is 6.07 Å². The van der Waals surface area contributed by atoms with Gasteiger partial charge in [0.05, 0.1) is 24.3 Å². The van der Waals surface area contributed by atoms with E-state index in [0.29, 0.717) is 5.56 Å². The first-order chi connectivity index (χ1) is 8.24. The van der Waals surface area contributed by atoms with Gasteiger partial charge in [-0.25, -0.2) is 0 Å².